The monoisotopic (exact) mass is 473 g/mol. The van der Waals surface area contributed by atoms with Crippen molar-refractivity contribution in [2.75, 3.05) is 36.9 Å². The SMILES string of the molecule is CC1(C)Cc2c(c(N3CCOCC3)nc3sc(C(=O)c4ccc(Cl)cc4)c(N)c23)CS1. The van der Waals surface area contributed by atoms with E-state index in [-0.39, 0.29) is 10.5 Å². The molecule has 4 heterocycles. The number of aromatic nitrogens is 1. The maximum absolute atomic E-state index is 13.3. The number of ether oxygens (including phenoxy) is 1. The summed E-state index contributed by atoms with van der Waals surface area (Å²) in [5, 5.41) is 1.56. The van der Waals surface area contributed by atoms with Crippen LogP contribution in [-0.2, 0) is 16.9 Å². The fraction of sp³-hybridized carbons (Fsp3) is 0.391. The Morgan fingerprint density at radius 2 is 1.90 bits per heavy atom. The molecule has 1 fully saturated rings. The molecule has 1 aromatic carbocycles. The molecule has 0 aliphatic carbocycles. The van der Waals surface area contributed by atoms with Crippen LogP contribution in [0.3, 0.4) is 0 Å². The molecule has 2 aromatic heterocycles. The molecule has 0 saturated carbocycles. The summed E-state index contributed by atoms with van der Waals surface area (Å²) in [6.45, 7) is 7.61. The molecule has 8 heteroatoms. The van der Waals surface area contributed by atoms with Crippen LogP contribution in [0.2, 0.25) is 5.02 Å². The van der Waals surface area contributed by atoms with Crippen LogP contribution in [0.1, 0.15) is 40.2 Å². The number of nitrogens with two attached hydrogens (primary N) is 1. The number of nitrogens with zero attached hydrogens (tertiary/aromatic N) is 2. The molecular weight excluding hydrogens is 450 g/mol. The zero-order chi connectivity index (χ0) is 21.8. The minimum Gasteiger partial charge on any atom is -0.397 e. The van der Waals surface area contributed by atoms with Gasteiger partial charge in [-0.2, -0.15) is 11.8 Å². The van der Waals surface area contributed by atoms with Crippen LogP contribution >= 0.6 is 34.7 Å². The number of morpholine rings is 1. The van der Waals surface area contributed by atoms with Gasteiger partial charge < -0.3 is 15.4 Å². The number of thioether (sulfide) groups is 1. The lowest BCUT2D eigenvalue weighted by Gasteiger charge is -2.36. The Morgan fingerprint density at radius 3 is 2.61 bits per heavy atom. The first-order chi connectivity index (χ1) is 14.8. The molecule has 5 nitrogen and oxygen atoms in total. The summed E-state index contributed by atoms with van der Waals surface area (Å²) < 4.78 is 5.66. The minimum absolute atomic E-state index is 0.0803. The second-order valence-corrected chi connectivity index (χ2v) is 11.7. The molecule has 0 radical (unpaired) electrons. The lowest BCUT2D eigenvalue weighted by atomic mass is 9.94. The number of fused-ring (bicyclic) bond motifs is 3. The predicted molar refractivity (Wildman–Crippen MR) is 131 cm³/mol. The summed E-state index contributed by atoms with van der Waals surface area (Å²) in [6.07, 6.45) is 0.902. The number of benzene rings is 1. The number of carbonyl (C=O) groups excluding carboxylic acids is 1. The fourth-order valence-corrected chi connectivity index (χ4v) is 6.57. The van der Waals surface area contributed by atoms with Crippen molar-refractivity contribution in [2.24, 2.45) is 0 Å². The number of halogens is 1. The molecule has 2 aliphatic heterocycles. The highest BCUT2D eigenvalue weighted by atomic mass is 35.5. The lowest BCUT2D eigenvalue weighted by molar-refractivity contribution is 0.104. The van der Waals surface area contributed by atoms with Crippen molar-refractivity contribution in [3.8, 4) is 0 Å². The molecule has 5 rings (SSSR count). The van der Waals surface area contributed by atoms with Gasteiger partial charge in [0.2, 0.25) is 5.78 Å². The molecule has 1 saturated heterocycles. The highest BCUT2D eigenvalue weighted by molar-refractivity contribution is 7.99. The molecule has 31 heavy (non-hydrogen) atoms. The number of carbonyl (C=O) groups is 1. The van der Waals surface area contributed by atoms with E-state index < -0.39 is 0 Å². The van der Waals surface area contributed by atoms with E-state index in [1.54, 1.807) is 24.3 Å². The maximum Gasteiger partial charge on any atom is 0.205 e. The first-order valence-electron chi connectivity index (χ1n) is 10.3. The number of hydrogen-bond acceptors (Lipinski definition) is 7. The minimum atomic E-state index is -0.0803. The van der Waals surface area contributed by atoms with Gasteiger partial charge in [0.1, 0.15) is 15.5 Å². The lowest BCUT2D eigenvalue weighted by Crippen LogP contribution is -2.38. The van der Waals surface area contributed by atoms with Gasteiger partial charge in [-0.15, -0.1) is 11.3 Å². The van der Waals surface area contributed by atoms with Gasteiger partial charge >= 0.3 is 0 Å². The molecule has 2 aliphatic rings. The van der Waals surface area contributed by atoms with Crippen molar-refractivity contribution in [2.45, 2.75) is 30.8 Å². The molecule has 0 bridgehead atoms. The molecule has 3 aromatic rings. The quantitative estimate of drug-likeness (QED) is 0.529. The molecule has 0 unspecified atom stereocenters. The Balaban J connectivity index is 1.68. The van der Waals surface area contributed by atoms with Gasteiger partial charge in [-0.3, -0.25) is 4.79 Å². The summed E-state index contributed by atoms with van der Waals surface area (Å²) in [4.78, 5) is 22.0. The zero-order valence-electron chi connectivity index (χ0n) is 17.5. The van der Waals surface area contributed by atoms with E-state index in [2.05, 4.69) is 18.7 Å². The molecule has 0 amide bonds. The standard InChI is InChI=1S/C23H24ClN3O2S2/c1-23(2)11-15-16(12-30-23)21(27-7-9-29-10-8-27)26-22-17(15)18(25)20(31-22)19(28)13-3-5-14(24)6-4-13/h3-6H,7-12,25H2,1-2H3. The average molecular weight is 474 g/mol. The molecular formula is C23H24ClN3O2S2. The normalized spacial score (nSPS) is 18.2. The van der Waals surface area contributed by atoms with E-state index in [4.69, 9.17) is 27.1 Å². The highest BCUT2D eigenvalue weighted by Gasteiger charge is 2.34. The van der Waals surface area contributed by atoms with Crippen molar-refractivity contribution in [3.63, 3.8) is 0 Å². The van der Waals surface area contributed by atoms with Gasteiger partial charge in [0.25, 0.3) is 0 Å². The summed E-state index contributed by atoms with van der Waals surface area (Å²) in [7, 11) is 0. The number of thiophene rings is 1. The van der Waals surface area contributed by atoms with Crippen LogP contribution in [0.4, 0.5) is 11.5 Å². The van der Waals surface area contributed by atoms with E-state index in [1.165, 1.54) is 22.5 Å². The van der Waals surface area contributed by atoms with Crippen molar-refractivity contribution in [3.05, 3.63) is 50.9 Å². The Kier molecular flexibility index (Phi) is 5.41. The van der Waals surface area contributed by atoms with Crippen LogP contribution in [-0.4, -0.2) is 41.8 Å². The van der Waals surface area contributed by atoms with E-state index in [0.29, 0.717) is 34.4 Å². The molecule has 0 atom stereocenters. The van der Waals surface area contributed by atoms with Crippen LogP contribution in [0.5, 0.6) is 0 Å². The van der Waals surface area contributed by atoms with Crippen LogP contribution in [0.25, 0.3) is 10.2 Å². The Labute approximate surface area is 194 Å². The molecule has 162 valence electrons. The fourth-order valence-electron chi connectivity index (χ4n) is 4.28. The number of rotatable bonds is 3. The largest absolute Gasteiger partial charge is 0.397 e. The predicted octanol–water partition coefficient (Wildman–Crippen LogP) is 5.17. The third-order valence-electron chi connectivity index (χ3n) is 5.90. The van der Waals surface area contributed by atoms with Gasteiger partial charge in [0.15, 0.2) is 0 Å². The summed E-state index contributed by atoms with van der Waals surface area (Å²) in [5.41, 5.74) is 10.3. The van der Waals surface area contributed by atoms with Crippen molar-refractivity contribution >= 4 is 62.2 Å². The van der Waals surface area contributed by atoms with Gasteiger partial charge in [-0.05, 0) is 36.2 Å². The number of hydrogen-bond donors (Lipinski definition) is 1. The third-order valence-corrected chi connectivity index (χ3v) is 8.61. The first kappa shape index (κ1) is 21.1. The first-order valence-corrected chi connectivity index (χ1v) is 12.5. The highest BCUT2D eigenvalue weighted by Crippen LogP contribution is 2.47. The van der Waals surface area contributed by atoms with Gasteiger partial charge in [-0.1, -0.05) is 25.4 Å². The van der Waals surface area contributed by atoms with Crippen molar-refractivity contribution in [1.29, 1.82) is 0 Å². The second-order valence-electron chi connectivity index (χ2n) is 8.58. The average Bonchev–Trinajstić information content (AvgIpc) is 3.09. The van der Waals surface area contributed by atoms with E-state index in [0.717, 1.165) is 41.3 Å². The van der Waals surface area contributed by atoms with E-state index in [1.807, 2.05) is 11.8 Å². The summed E-state index contributed by atoms with van der Waals surface area (Å²) >= 11 is 9.35. The van der Waals surface area contributed by atoms with Crippen molar-refractivity contribution in [1.82, 2.24) is 4.98 Å². The topological polar surface area (TPSA) is 68.5 Å². The summed E-state index contributed by atoms with van der Waals surface area (Å²) in [5.74, 6) is 1.84. The van der Waals surface area contributed by atoms with Gasteiger partial charge in [-0.25, -0.2) is 4.98 Å². The van der Waals surface area contributed by atoms with Gasteiger partial charge in [0, 0.05) is 45.1 Å². The summed E-state index contributed by atoms with van der Waals surface area (Å²) in [6, 6.07) is 6.95. The third kappa shape index (κ3) is 3.82. The number of pyridine rings is 1. The maximum atomic E-state index is 13.3. The van der Waals surface area contributed by atoms with Crippen LogP contribution < -0.4 is 10.6 Å². The Morgan fingerprint density at radius 1 is 1.19 bits per heavy atom. The van der Waals surface area contributed by atoms with Crippen molar-refractivity contribution < 1.29 is 9.53 Å². The number of nitrogen functional groups attached to an aromatic ring is 1. The Hall–Kier alpha value is -1.80. The molecule has 0 spiro atoms. The zero-order valence-corrected chi connectivity index (χ0v) is 19.9. The second kappa shape index (κ2) is 7.96. The van der Waals surface area contributed by atoms with Crippen LogP contribution in [0, 0.1) is 0 Å². The van der Waals surface area contributed by atoms with Crippen LogP contribution in [0.15, 0.2) is 24.3 Å². The Bertz CT molecular complexity index is 1170. The number of anilines is 2. The molecule has 2 N–H and O–H groups in total. The van der Waals surface area contributed by atoms with E-state index >= 15 is 0 Å². The number of ketones is 1. The van der Waals surface area contributed by atoms with Gasteiger partial charge in [0.05, 0.1) is 18.9 Å². The van der Waals surface area contributed by atoms with E-state index in [9.17, 15) is 4.79 Å². The smallest absolute Gasteiger partial charge is 0.205 e.